The Hall–Kier alpha value is -5.81. The largest absolute Gasteiger partial charge is 0.494 e. The van der Waals surface area contributed by atoms with Gasteiger partial charge in [0.2, 0.25) is 0 Å². The van der Waals surface area contributed by atoms with Crippen molar-refractivity contribution >= 4 is 42.5 Å². The number of rotatable bonds is 6. The van der Waals surface area contributed by atoms with E-state index in [0.29, 0.717) is 0 Å². The molecule has 3 heterocycles. The summed E-state index contributed by atoms with van der Waals surface area (Å²) in [5, 5.41) is 0. The highest BCUT2D eigenvalue weighted by Gasteiger charge is 2.64. The number of benzene rings is 8. The van der Waals surface area contributed by atoms with Crippen molar-refractivity contribution in [3.63, 3.8) is 0 Å². The molecule has 86 heavy (non-hydrogen) atoms. The van der Waals surface area contributed by atoms with Crippen LogP contribution in [0.3, 0.4) is 0 Å². The summed E-state index contributed by atoms with van der Waals surface area (Å²) in [7, 11) is -1.34. The molecule has 0 amide bonds. The average Bonchev–Trinajstić information content (AvgIpc) is 1.51. The first-order chi connectivity index (χ1) is 40.9. The maximum atomic E-state index is 6.53. The van der Waals surface area contributed by atoms with Crippen LogP contribution in [0.25, 0.3) is 22.3 Å². The maximum absolute atomic E-state index is 6.53. The monoisotopic (exact) mass is 1200 g/mol. The van der Waals surface area contributed by atoms with E-state index in [9.17, 15) is 0 Å². The Balaban J connectivity index is 0.000000116. The lowest BCUT2D eigenvalue weighted by Gasteiger charge is -2.37. The van der Waals surface area contributed by atoms with Crippen molar-refractivity contribution in [1.82, 2.24) is 0 Å². The molecular weight excluding hydrogens is 1120 g/mol. The Morgan fingerprint density at radius 2 is 0.593 bits per heavy atom. The van der Waals surface area contributed by atoms with Gasteiger partial charge >= 0.3 is 21.1 Å². The first-order valence-electron chi connectivity index (χ1n) is 31.6. The van der Waals surface area contributed by atoms with Crippen LogP contribution in [-0.2, 0) is 90.1 Å². The van der Waals surface area contributed by atoms with Crippen molar-refractivity contribution in [3.8, 4) is 22.3 Å². The van der Waals surface area contributed by atoms with E-state index in [1.807, 2.05) is 55.4 Å². The molecule has 6 aliphatic carbocycles. The molecule has 3 saturated heterocycles. The lowest BCUT2D eigenvalue weighted by Crippen LogP contribution is -2.41. The van der Waals surface area contributed by atoms with Gasteiger partial charge in [0.25, 0.3) is 0 Å². The van der Waals surface area contributed by atoms with E-state index in [1.54, 1.807) is 0 Å². The van der Waals surface area contributed by atoms with E-state index < -0.39 is 14.0 Å². The fraction of sp³-hybridized carbons (Fsp3) is 0.368. The summed E-state index contributed by atoms with van der Waals surface area (Å²) in [5.74, 6) is 0. The number of hydrogen-bond donors (Lipinski definition) is 0. The zero-order valence-corrected chi connectivity index (χ0v) is 53.8. The summed E-state index contributed by atoms with van der Waals surface area (Å²) >= 11 is 3.78. The molecule has 0 aromatic heterocycles. The van der Waals surface area contributed by atoms with Crippen LogP contribution in [0.15, 0.2) is 162 Å². The van der Waals surface area contributed by atoms with Gasteiger partial charge in [0.05, 0.1) is 44.4 Å². The molecule has 434 valence electrons. The summed E-state index contributed by atoms with van der Waals surface area (Å²) in [6, 6.07) is 60.8. The normalized spacial score (nSPS) is 21.6. The van der Waals surface area contributed by atoms with Crippen molar-refractivity contribution < 1.29 is 27.9 Å². The molecular formula is C76H78B3BrO6. The van der Waals surface area contributed by atoms with Gasteiger partial charge in [-0.2, -0.15) is 0 Å². The molecule has 10 heteroatoms. The van der Waals surface area contributed by atoms with Gasteiger partial charge in [-0.05, 0) is 263 Å². The van der Waals surface area contributed by atoms with Gasteiger partial charge < -0.3 is 27.9 Å². The predicted molar refractivity (Wildman–Crippen MR) is 353 cm³/mol. The van der Waals surface area contributed by atoms with Crippen LogP contribution in [0.5, 0.6) is 0 Å². The van der Waals surface area contributed by atoms with Crippen LogP contribution in [0.1, 0.15) is 172 Å². The highest BCUT2D eigenvalue weighted by atomic mass is 79.9. The summed E-state index contributed by atoms with van der Waals surface area (Å²) < 4.78 is 38.1. The topological polar surface area (TPSA) is 55.4 Å². The molecule has 0 bridgehead atoms. The van der Waals surface area contributed by atoms with E-state index in [0.717, 1.165) is 9.94 Å². The molecule has 6 nitrogen and oxygen atoms in total. The van der Waals surface area contributed by atoms with Crippen molar-refractivity contribution in [2.24, 2.45) is 0 Å². The van der Waals surface area contributed by atoms with Gasteiger partial charge in [0.1, 0.15) is 0 Å². The predicted octanol–water partition coefficient (Wildman–Crippen LogP) is 15.8. The molecule has 8 aromatic rings. The molecule has 0 N–H and O–H groups in total. The third-order valence-electron chi connectivity index (χ3n) is 22.6. The van der Waals surface area contributed by atoms with E-state index in [1.165, 1.54) is 163 Å². The molecule has 9 aliphatic rings. The third kappa shape index (κ3) is 8.42. The van der Waals surface area contributed by atoms with E-state index in [4.69, 9.17) is 27.9 Å². The zero-order chi connectivity index (χ0) is 59.7. The minimum absolute atomic E-state index is 0.259. The number of aryl methyl sites for hydroxylation is 8. The van der Waals surface area contributed by atoms with Crippen LogP contribution in [0.2, 0.25) is 0 Å². The van der Waals surface area contributed by atoms with Crippen LogP contribution in [-0.4, -0.2) is 54.7 Å². The van der Waals surface area contributed by atoms with Gasteiger partial charge in [-0.1, -0.05) is 162 Å². The van der Waals surface area contributed by atoms with Gasteiger partial charge in [0, 0.05) is 4.47 Å². The lowest BCUT2D eigenvalue weighted by atomic mass is 9.49. The second-order valence-corrected chi connectivity index (χ2v) is 29.8. The molecule has 17 rings (SSSR count). The average molecular weight is 1200 g/mol. The van der Waals surface area contributed by atoms with Crippen molar-refractivity contribution in [1.29, 1.82) is 0 Å². The lowest BCUT2D eigenvalue weighted by molar-refractivity contribution is 0.00578. The molecule has 0 spiro atoms. The molecule has 8 aromatic carbocycles. The highest BCUT2D eigenvalue weighted by molar-refractivity contribution is 9.10. The third-order valence-corrected chi connectivity index (χ3v) is 23.1. The second kappa shape index (κ2) is 19.6. The minimum Gasteiger partial charge on any atom is -0.405 e. The van der Waals surface area contributed by atoms with Crippen LogP contribution < -0.4 is 5.46 Å². The fourth-order valence-electron chi connectivity index (χ4n) is 15.0. The maximum Gasteiger partial charge on any atom is 0.494 e. The van der Waals surface area contributed by atoms with Gasteiger partial charge in [-0.3, -0.25) is 0 Å². The summed E-state index contributed by atoms with van der Waals surface area (Å²) in [5.41, 5.74) is 26.8. The first kappa shape index (κ1) is 56.7. The van der Waals surface area contributed by atoms with Gasteiger partial charge in [-0.25, -0.2) is 0 Å². The van der Waals surface area contributed by atoms with Crippen LogP contribution in [0, 0.1) is 0 Å². The quantitative estimate of drug-likeness (QED) is 0.155. The number of halogens is 1. The Morgan fingerprint density at radius 1 is 0.291 bits per heavy atom. The van der Waals surface area contributed by atoms with Gasteiger partial charge in [-0.15, -0.1) is 0 Å². The van der Waals surface area contributed by atoms with Crippen molar-refractivity contribution in [2.45, 2.75) is 179 Å². The Kier molecular flexibility index (Phi) is 12.9. The van der Waals surface area contributed by atoms with Crippen molar-refractivity contribution in [3.05, 3.63) is 251 Å². The standard InChI is InChI=1S/C35H33BO2.C29H21Br.C12H24B2O4/c1-33(2)34(3,4)38-36(37-33)28-17-18-30-29-7-5-6-8-31(29)35(32(30)21-28,26-15-13-22-9-11-24(22)19-26)27-16-14-23-10-12-25(23)20-27;30-24-13-14-26-25-3-1-2-4-27(25)29(28(26)17-24,22-11-9-18-5-7-20(18)15-22)23-12-10-19-6-8-21(19)16-23;1-9(2)10(3,4)16-13(15-9)14-17-11(5,6)12(7,8)18-14/h5-8,13-21H,9-12H2,1-4H3;1-4,9-17H,5-8H2;1-8H3. The number of fused-ring (bicyclic) bond motifs is 10. The molecule has 0 radical (unpaired) electrons. The highest BCUT2D eigenvalue weighted by Crippen LogP contribution is 2.59. The van der Waals surface area contributed by atoms with Crippen LogP contribution >= 0.6 is 15.9 Å². The van der Waals surface area contributed by atoms with E-state index >= 15 is 0 Å². The second-order valence-electron chi connectivity index (χ2n) is 28.9. The molecule has 3 fully saturated rings. The van der Waals surface area contributed by atoms with E-state index in [2.05, 4.69) is 201 Å². The minimum atomic E-state index is -0.476. The molecule has 3 aliphatic heterocycles. The Bertz CT molecular complexity index is 3930. The van der Waals surface area contributed by atoms with Crippen molar-refractivity contribution in [2.75, 3.05) is 0 Å². The Labute approximate surface area is 519 Å². The van der Waals surface area contributed by atoms with E-state index in [-0.39, 0.29) is 51.6 Å². The molecule has 0 atom stereocenters. The Morgan fingerprint density at radius 3 is 0.930 bits per heavy atom. The SMILES string of the molecule is Brc1ccc2c(c1)C(c1ccc3c(c1)CC3)(c1ccc3c(c1)CC3)c1ccccc1-2.CC1(C)OB(B2OC(C)(C)C(C)(C)O2)OC1(C)C.CC1(C)OB(c2ccc3c(c2)C(c2ccc4c(c2)CC4)(c2ccc4c(c2)CC4)c2ccccc2-3)OC1(C)C. The summed E-state index contributed by atoms with van der Waals surface area (Å²) in [6.45, 7) is 24.7. The first-order valence-corrected chi connectivity index (χ1v) is 32.4. The molecule has 0 saturated carbocycles. The smallest absolute Gasteiger partial charge is 0.405 e. The number of hydrogen-bond acceptors (Lipinski definition) is 6. The van der Waals surface area contributed by atoms with Gasteiger partial charge in [0.15, 0.2) is 0 Å². The zero-order valence-electron chi connectivity index (χ0n) is 52.2. The van der Waals surface area contributed by atoms with Crippen LogP contribution in [0.4, 0.5) is 0 Å². The summed E-state index contributed by atoms with van der Waals surface area (Å²) in [6.07, 6.45) is 9.59. The fourth-order valence-corrected chi connectivity index (χ4v) is 15.3. The molecule has 0 unspecified atom stereocenters. The summed E-state index contributed by atoms with van der Waals surface area (Å²) in [4.78, 5) is 0.